The molecule has 1 aromatic heterocycles. The van der Waals surface area contributed by atoms with Crippen molar-refractivity contribution in [1.29, 1.82) is 0 Å². The fourth-order valence-electron chi connectivity index (χ4n) is 1.29. The molecule has 0 aromatic carbocycles. The van der Waals surface area contributed by atoms with Gasteiger partial charge in [0.1, 0.15) is 17.5 Å². The lowest BCUT2D eigenvalue weighted by Gasteiger charge is -2.11. The molecule has 0 bridgehead atoms. The number of rotatable bonds is 4. The molecule has 1 aromatic rings. The van der Waals surface area contributed by atoms with Crippen molar-refractivity contribution in [2.45, 2.75) is 26.3 Å². The molecule has 0 aliphatic heterocycles. The van der Waals surface area contributed by atoms with Gasteiger partial charge in [0.05, 0.1) is 6.04 Å². The molecular weight excluding hydrogens is 184 g/mol. The fraction of sp³-hybridized carbons (Fsp3) is 0.556. The predicted octanol–water partition coefficient (Wildman–Crippen LogP) is 1.42. The Bertz CT molecular complexity index is 320. The van der Waals surface area contributed by atoms with E-state index in [1.165, 1.54) is 0 Å². The predicted molar refractivity (Wildman–Crippen MR) is 49.8 cm³/mol. The van der Waals surface area contributed by atoms with E-state index in [0.29, 0.717) is 18.0 Å². The summed E-state index contributed by atoms with van der Waals surface area (Å²) in [5, 5.41) is 12.4. The maximum absolute atomic E-state index is 10.7. The number of carbonyl (C=O) groups is 1. The van der Waals surface area contributed by atoms with Gasteiger partial charge in [0.2, 0.25) is 0 Å². The summed E-state index contributed by atoms with van der Waals surface area (Å²) in [6.45, 7) is 4.03. The molecule has 1 atom stereocenters. The fourth-order valence-corrected chi connectivity index (χ4v) is 1.29. The van der Waals surface area contributed by atoms with Crippen LogP contribution in [-0.4, -0.2) is 16.2 Å². The Morgan fingerprint density at radius 1 is 1.71 bits per heavy atom. The Hall–Kier alpha value is -1.36. The molecule has 1 heterocycles. The molecule has 5 nitrogen and oxygen atoms in total. The molecule has 0 fully saturated rings. The van der Waals surface area contributed by atoms with Gasteiger partial charge in [-0.2, -0.15) is 0 Å². The zero-order valence-electron chi connectivity index (χ0n) is 8.23. The van der Waals surface area contributed by atoms with Crippen molar-refractivity contribution >= 4 is 5.97 Å². The lowest BCUT2D eigenvalue weighted by molar-refractivity contribution is 0.0694. The van der Waals surface area contributed by atoms with Crippen molar-refractivity contribution in [3.05, 3.63) is 17.5 Å². The Labute approximate surface area is 81.9 Å². The van der Waals surface area contributed by atoms with Crippen LogP contribution in [0.3, 0.4) is 0 Å². The molecule has 0 saturated heterocycles. The van der Waals surface area contributed by atoms with E-state index in [9.17, 15) is 4.79 Å². The molecule has 0 aliphatic rings. The van der Waals surface area contributed by atoms with Crippen LogP contribution in [0.2, 0.25) is 0 Å². The van der Waals surface area contributed by atoms with E-state index in [2.05, 4.69) is 9.68 Å². The van der Waals surface area contributed by atoms with E-state index in [1.807, 2.05) is 13.8 Å². The Balaban J connectivity index is 2.84. The highest BCUT2D eigenvalue weighted by molar-refractivity contribution is 5.88. The second kappa shape index (κ2) is 4.23. The summed E-state index contributed by atoms with van der Waals surface area (Å²) in [6.07, 6.45) is 1.80. The quantitative estimate of drug-likeness (QED) is 0.763. The summed E-state index contributed by atoms with van der Waals surface area (Å²) in [5.74, 6) is -0.663. The highest BCUT2D eigenvalue weighted by Crippen LogP contribution is 2.20. The first-order chi connectivity index (χ1) is 6.52. The van der Waals surface area contributed by atoms with Gasteiger partial charge in [0, 0.05) is 0 Å². The third-order valence-corrected chi connectivity index (χ3v) is 1.90. The molecular formula is C9H14N2O3. The van der Waals surface area contributed by atoms with Gasteiger partial charge in [-0.3, -0.25) is 0 Å². The molecule has 1 rings (SSSR count). The molecule has 14 heavy (non-hydrogen) atoms. The summed E-state index contributed by atoms with van der Waals surface area (Å²) < 4.78 is 4.60. The van der Waals surface area contributed by atoms with Crippen LogP contribution in [0, 0.1) is 5.92 Å². The number of hydrogen-bond acceptors (Lipinski definition) is 4. The largest absolute Gasteiger partial charge is 0.478 e. The SMILES string of the molecule is CC(C)C[C@@H](N)c1nocc1C(=O)O. The lowest BCUT2D eigenvalue weighted by atomic mass is 10.00. The summed E-state index contributed by atoms with van der Waals surface area (Å²) in [4.78, 5) is 10.7. The second-order valence-corrected chi connectivity index (χ2v) is 3.65. The van der Waals surface area contributed by atoms with Crippen molar-refractivity contribution in [2.24, 2.45) is 11.7 Å². The topological polar surface area (TPSA) is 89.4 Å². The van der Waals surface area contributed by atoms with E-state index >= 15 is 0 Å². The van der Waals surface area contributed by atoms with Gasteiger partial charge in [-0.25, -0.2) is 4.79 Å². The minimum Gasteiger partial charge on any atom is -0.478 e. The normalized spacial score (nSPS) is 13.1. The standard InChI is InChI=1S/C9H14N2O3/c1-5(2)3-7(10)8-6(9(12)13)4-14-11-8/h4-5,7H,3,10H2,1-2H3,(H,12,13)/t7-/m1/s1. The van der Waals surface area contributed by atoms with Crippen LogP contribution in [0.15, 0.2) is 10.8 Å². The molecule has 5 heteroatoms. The first-order valence-corrected chi connectivity index (χ1v) is 4.45. The number of carboxylic acid groups (broad SMARTS) is 1. The molecule has 3 N–H and O–H groups in total. The van der Waals surface area contributed by atoms with Crippen LogP contribution in [0.25, 0.3) is 0 Å². The van der Waals surface area contributed by atoms with Crippen LogP contribution in [0.5, 0.6) is 0 Å². The van der Waals surface area contributed by atoms with E-state index in [4.69, 9.17) is 10.8 Å². The van der Waals surface area contributed by atoms with Gasteiger partial charge in [-0.05, 0) is 12.3 Å². The van der Waals surface area contributed by atoms with Gasteiger partial charge >= 0.3 is 5.97 Å². The van der Waals surface area contributed by atoms with Crippen molar-refractivity contribution < 1.29 is 14.4 Å². The van der Waals surface area contributed by atoms with Crippen LogP contribution in [-0.2, 0) is 0 Å². The average molecular weight is 198 g/mol. The third-order valence-electron chi connectivity index (χ3n) is 1.90. The van der Waals surface area contributed by atoms with E-state index in [1.54, 1.807) is 0 Å². The first kappa shape index (κ1) is 10.7. The van der Waals surface area contributed by atoms with Gasteiger partial charge in [-0.1, -0.05) is 19.0 Å². The lowest BCUT2D eigenvalue weighted by Crippen LogP contribution is -2.16. The second-order valence-electron chi connectivity index (χ2n) is 3.65. The molecule has 0 unspecified atom stereocenters. The summed E-state index contributed by atoms with van der Waals surface area (Å²) >= 11 is 0. The maximum Gasteiger partial charge on any atom is 0.341 e. The molecule has 78 valence electrons. The third kappa shape index (κ3) is 2.32. The van der Waals surface area contributed by atoms with Crippen LogP contribution < -0.4 is 5.73 Å². The maximum atomic E-state index is 10.7. The zero-order valence-corrected chi connectivity index (χ0v) is 8.23. The highest BCUT2D eigenvalue weighted by Gasteiger charge is 2.21. The summed E-state index contributed by atoms with van der Waals surface area (Å²) in [7, 11) is 0. The monoisotopic (exact) mass is 198 g/mol. The van der Waals surface area contributed by atoms with Crippen molar-refractivity contribution in [3.8, 4) is 0 Å². The molecule has 0 spiro atoms. The van der Waals surface area contributed by atoms with Crippen LogP contribution in [0.1, 0.15) is 42.4 Å². The Morgan fingerprint density at radius 2 is 2.36 bits per heavy atom. The van der Waals surface area contributed by atoms with E-state index in [-0.39, 0.29) is 11.6 Å². The van der Waals surface area contributed by atoms with Gasteiger partial charge in [0.25, 0.3) is 0 Å². The Morgan fingerprint density at radius 3 is 2.86 bits per heavy atom. The molecule has 0 saturated carbocycles. The number of hydrogen-bond donors (Lipinski definition) is 2. The number of aromatic nitrogens is 1. The number of nitrogens with two attached hydrogens (primary N) is 1. The number of nitrogens with zero attached hydrogens (tertiary/aromatic N) is 1. The Kier molecular flexibility index (Phi) is 3.24. The van der Waals surface area contributed by atoms with Crippen molar-refractivity contribution in [2.75, 3.05) is 0 Å². The number of carboxylic acids is 1. The summed E-state index contributed by atoms with van der Waals surface area (Å²) in [6, 6.07) is -0.375. The minimum atomic E-state index is -1.06. The first-order valence-electron chi connectivity index (χ1n) is 4.45. The smallest absolute Gasteiger partial charge is 0.341 e. The van der Waals surface area contributed by atoms with Gasteiger partial charge in [0.15, 0.2) is 0 Å². The zero-order chi connectivity index (χ0) is 10.7. The van der Waals surface area contributed by atoms with Gasteiger partial charge < -0.3 is 15.4 Å². The molecule has 0 amide bonds. The van der Waals surface area contributed by atoms with E-state index < -0.39 is 5.97 Å². The molecule has 0 radical (unpaired) electrons. The van der Waals surface area contributed by atoms with Crippen LogP contribution in [0.4, 0.5) is 0 Å². The minimum absolute atomic E-state index is 0.0538. The highest BCUT2D eigenvalue weighted by atomic mass is 16.5. The van der Waals surface area contributed by atoms with E-state index in [0.717, 1.165) is 6.26 Å². The van der Waals surface area contributed by atoms with Crippen LogP contribution >= 0.6 is 0 Å². The van der Waals surface area contributed by atoms with Crippen molar-refractivity contribution in [3.63, 3.8) is 0 Å². The number of aromatic carboxylic acids is 1. The summed E-state index contributed by atoms with van der Waals surface area (Å²) in [5.41, 5.74) is 6.17. The van der Waals surface area contributed by atoms with Crippen molar-refractivity contribution in [1.82, 2.24) is 5.16 Å². The average Bonchev–Trinajstić information content (AvgIpc) is 2.49. The van der Waals surface area contributed by atoms with Gasteiger partial charge in [-0.15, -0.1) is 0 Å². The molecule has 0 aliphatic carbocycles.